The van der Waals surface area contributed by atoms with E-state index in [9.17, 15) is 8.42 Å². The van der Waals surface area contributed by atoms with Gasteiger partial charge in [0.1, 0.15) is 0 Å². The monoisotopic (exact) mass is 331 g/mol. The molecule has 0 aromatic rings. The largest absolute Gasteiger partial charge is 0.370 e. The van der Waals surface area contributed by atoms with Crippen LogP contribution in [-0.2, 0) is 10.1 Å². The van der Waals surface area contributed by atoms with E-state index >= 15 is 0 Å². The molecule has 0 aliphatic carbocycles. The maximum Gasteiger partial charge on any atom is 0.264 e. The predicted octanol–water partition coefficient (Wildman–Crippen LogP) is 1.02. The molecule has 0 heterocycles. The van der Waals surface area contributed by atoms with E-state index in [-0.39, 0.29) is 30.1 Å². The lowest BCUT2D eigenvalue weighted by Crippen LogP contribution is -2.39. The molecule has 0 saturated carbocycles. The fourth-order valence-corrected chi connectivity index (χ4v) is 1.78. The summed E-state index contributed by atoms with van der Waals surface area (Å²) in [6.45, 7) is 2.14. The smallest absolute Gasteiger partial charge is 0.264 e. The van der Waals surface area contributed by atoms with Crippen molar-refractivity contribution in [2.45, 2.75) is 45.4 Å². The second kappa shape index (κ2) is 14.4. The summed E-state index contributed by atoms with van der Waals surface area (Å²) in [7, 11) is -3.72. The van der Waals surface area contributed by atoms with Crippen molar-refractivity contribution in [2.75, 3.05) is 5.75 Å². The van der Waals surface area contributed by atoms with E-state index in [1.807, 2.05) is 5.32 Å². The Morgan fingerprint density at radius 2 is 1.45 bits per heavy atom. The molecule has 0 aliphatic rings. The zero-order valence-electron chi connectivity index (χ0n) is 11.7. The van der Waals surface area contributed by atoms with Gasteiger partial charge in [0.15, 0.2) is 11.9 Å². The fourth-order valence-electron chi connectivity index (χ4n) is 1.21. The van der Waals surface area contributed by atoms with Gasteiger partial charge in [0.25, 0.3) is 10.1 Å². The molecule has 0 radical (unpaired) electrons. The number of guanidine groups is 2. The van der Waals surface area contributed by atoms with Crippen LogP contribution >= 0.6 is 12.4 Å². The molecule has 0 spiro atoms. The summed E-state index contributed by atoms with van der Waals surface area (Å²) in [5.41, 5.74) is 9.49. The van der Waals surface area contributed by atoms with Crippen molar-refractivity contribution in [2.24, 2.45) is 11.5 Å². The zero-order valence-corrected chi connectivity index (χ0v) is 13.3. The van der Waals surface area contributed by atoms with E-state index in [0.717, 1.165) is 12.8 Å². The van der Waals surface area contributed by atoms with Crippen LogP contribution in [0.1, 0.15) is 45.4 Å². The van der Waals surface area contributed by atoms with Crippen molar-refractivity contribution >= 4 is 34.4 Å². The standard InChI is InChI=1S/C8H18O3S.C2H7N5.ClH/c1-2-3-4-5-6-7-8-12(9,10)11;3-1(4)7-2(5)6;/h2-8H2,1H3,(H,9,10,11);(H7,3,4,5,6,7);1H. The first-order chi connectivity index (χ1) is 8.69. The van der Waals surface area contributed by atoms with Crippen LogP contribution in [0, 0.1) is 10.8 Å². The van der Waals surface area contributed by atoms with E-state index in [4.69, 9.17) is 26.8 Å². The molecule has 0 aromatic carbocycles. The highest BCUT2D eigenvalue weighted by Crippen LogP contribution is 2.05. The van der Waals surface area contributed by atoms with Crippen LogP contribution in [0.4, 0.5) is 0 Å². The molecule has 0 aromatic heterocycles. The highest BCUT2D eigenvalue weighted by molar-refractivity contribution is 7.85. The third-order valence-electron chi connectivity index (χ3n) is 2.03. The van der Waals surface area contributed by atoms with Crippen LogP contribution in [0.5, 0.6) is 0 Å². The molecule has 8 N–H and O–H groups in total. The summed E-state index contributed by atoms with van der Waals surface area (Å²) < 4.78 is 28.9. The molecule has 10 heteroatoms. The molecular weight excluding hydrogens is 306 g/mol. The van der Waals surface area contributed by atoms with Gasteiger partial charge in [-0.15, -0.1) is 12.4 Å². The summed E-state index contributed by atoms with van der Waals surface area (Å²) >= 11 is 0. The van der Waals surface area contributed by atoms with Gasteiger partial charge in [-0.3, -0.25) is 20.7 Å². The lowest BCUT2D eigenvalue weighted by Gasteiger charge is -1.98. The van der Waals surface area contributed by atoms with E-state index in [1.54, 1.807) is 0 Å². The lowest BCUT2D eigenvalue weighted by molar-refractivity contribution is 0.478. The average Bonchev–Trinajstić information content (AvgIpc) is 2.20. The van der Waals surface area contributed by atoms with Gasteiger partial charge < -0.3 is 11.5 Å². The Balaban J connectivity index is -0.000000312. The van der Waals surface area contributed by atoms with Crippen molar-refractivity contribution in [3.8, 4) is 0 Å². The Hall–Kier alpha value is -1.06. The minimum absolute atomic E-state index is 0. The number of nitrogens with two attached hydrogens (primary N) is 2. The zero-order chi connectivity index (χ0) is 15.3. The quantitative estimate of drug-likeness (QED) is 0.176. The lowest BCUT2D eigenvalue weighted by atomic mass is 10.1. The Kier molecular flexibility index (Phi) is 17.2. The van der Waals surface area contributed by atoms with Crippen LogP contribution < -0.4 is 16.8 Å². The topological polar surface area (TPSA) is 166 Å². The van der Waals surface area contributed by atoms with Crippen LogP contribution in [-0.4, -0.2) is 30.6 Å². The molecular formula is C10H26ClN5O3S. The molecule has 0 bridgehead atoms. The Morgan fingerprint density at radius 1 is 1.05 bits per heavy atom. The van der Waals surface area contributed by atoms with Crippen LogP contribution in [0.3, 0.4) is 0 Å². The molecule has 8 nitrogen and oxygen atoms in total. The van der Waals surface area contributed by atoms with Crippen molar-refractivity contribution in [1.29, 1.82) is 10.8 Å². The van der Waals surface area contributed by atoms with Gasteiger partial charge >= 0.3 is 0 Å². The molecule has 0 amide bonds. The minimum Gasteiger partial charge on any atom is -0.370 e. The van der Waals surface area contributed by atoms with Crippen molar-refractivity contribution in [3.05, 3.63) is 0 Å². The fraction of sp³-hybridized carbons (Fsp3) is 0.800. The van der Waals surface area contributed by atoms with Crippen molar-refractivity contribution in [1.82, 2.24) is 5.32 Å². The molecule has 0 rings (SSSR count). The number of hydrogen-bond acceptors (Lipinski definition) is 4. The molecule has 0 fully saturated rings. The van der Waals surface area contributed by atoms with E-state index in [1.165, 1.54) is 19.3 Å². The normalized spacial score (nSPS) is 9.70. The third kappa shape index (κ3) is 30.2. The Labute approximate surface area is 126 Å². The third-order valence-corrected chi connectivity index (χ3v) is 2.83. The summed E-state index contributed by atoms with van der Waals surface area (Å²) in [5, 5.41) is 15.0. The van der Waals surface area contributed by atoms with Crippen molar-refractivity contribution < 1.29 is 13.0 Å². The molecule has 0 aliphatic heterocycles. The predicted molar refractivity (Wildman–Crippen MR) is 84.0 cm³/mol. The molecule has 122 valence electrons. The Bertz CT molecular complexity index is 350. The molecule has 20 heavy (non-hydrogen) atoms. The summed E-state index contributed by atoms with van der Waals surface area (Å²) in [6, 6.07) is 0. The number of unbranched alkanes of at least 4 members (excludes halogenated alkanes) is 5. The van der Waals surface area contributed by atoms with Gasteiger partial charge in [0, 0.05) is 0 Å². The number of nitrogens with one attached hydrogen (secondary N) is 3. The number of hydrogen-bond donors (Lipinski definition) is 6. The number of halogens is 1. The maximum absolute atomic E-state index is 10.3. The van der Waals surface area contributed by atoms with Crippen LogP contribution in [0.2, 0.25) is 0 Å². The molecule has 0 atom stereocenters. The molecule has 0 unspecified atom stereocenters. The van der Waals surface area contributed by atoms with Gasteiger partial charge in [-0.2, -0.15) is 8.42 Å². The SMILES string of the molecule is CCCCCCCCS(=O)(=O)O.Cl.N=C(N)NC(=N)N. The first-order valence-electron chi connectivity index (χ1n) is 6.09. The van der Waals surface area contributed by atoms with Crippen LogP contribution in [0.15, 0.2) is 0 Å². The highest BCUT2D eigenvalue weighted by Gasteiger charge is 2.02. The summed E-state index contributed by atoms with van der Waals surface area (Å²) in [6.07, 6.45) is 6.14. The Morgan fingerprint density at radius 3 is 1.75 bits per heavy atom. The average molecular weight is 332 g/mol. The van der Waals surface area contributed by atoms with E-state index in [0.29, 0.717) is 6.42 Å². The van der Waals surface area contributed by atoms with Crippen molar-refractivity contribution in [3.63, 3.8) is 0 Å². The molecule has 0 saturated heterocycles. The van der Waals surface area contributed by atoms with Gasteiger partial charge in [0.05, 0.1) is 5.75 Å². The van der Waals surface area contributed by atoms with E-state index < -0.39 is 10.1 Å². The van der Waals surface area contributed by atoms with Gasteiger partial charge in [-0.25, -0.2) is 0 Å². The summed E-state index contributed by atoms with van der Waals surface area (Å²) in [4.78, 5) is 0. The minimum atomic E-state index is -3.72. The van der Waals surface area contributed by atoms with Gasteiger partial charge in [0.2, 0.25) is 0 Å². The summed E-state index contributed by atoms with van der Waals surface area (Å²) in [5.74, 6) is -0.709. The van der Waals surface area contributed by atoms with Gasteiger partial charge in [-0.1, -0.05) is 39.0 Å². The first kappa shape index (κ1) is 24.0. The highest BCUT2D eigenvalue weighted by atomic mass is 35.5. The number of rotatable bonds is 7. The second-order valence-corrected chi connectivity index (χ2v) is 5.58. The maximum atomic E-state index is 10.3. The van der Waals surface area contributed by atoms with Gasteiger partial charge in [-0.05, 0) is 6.42 Å². The first-order valence-corrected chi connectivity index (χ1v) is 7.70. The van der Waals surface area contributed by atoms with E-state index in [2.05, 4.69) is 6.92 Å². The second-order valence-electron chi connectivity index (χ2n) is 4.01. The van der Waals surface area contributed by atoms with Crippen LogP contribution in [0.25, 0.3) is 0 Å².